The van der Waals surface area contributed by atoms with E-state index in [9.17, 15) is 9.59 Å². The number of hydrogen-bond acceptors (Lipinski definition) is 3. The molecule has 0 aliphatic rings. The number of hydrogen-bond donors (Lipinski definition) is 2. The molecule has 0 fully saturated rings. The summed E-state index contributed by atoms with van der Waals surface area (Å²) in [4.78, 5) is 24.0. The highest BCUT2D eigenvalue weighted by molar-refractivity contribution is 7.99. The van der Waals surface area contributed by atoms with Crippen molar-refractivity contribution in [3.63, 3.8) is 0 Å². The highest BCUT2D eigenvalue weighted by Crippen LogP contribution is 2.23. The Morgan fingerprint density at radius 3 is 2.21 bits per heavy atom. The Kier molecular flexibility index (Phi) is 6.44. The minimum atomic E-state index is -0.813. The first-order valence-corrected chi connectivity index (χ1v) is 8.71. The molecule has 0 heterocycles. The maximum atomic E-state index is 12.3. The van der Waals surface area contributed by atoms with Crippen molar-refractivity contribution in [2.75, 3.05) is 5.32 Å². The Labute approximate surface area is 146 Å². The number of rotatable bonds is 7. The second-order valence-electron chi connectivity index (χ2n) is 5.74. The zero-order valence-electron chi connectivity index (χ0n) is 13.8. The smallest absolute Gasteiger partial charge is 0.303 e. The summed E-state index contributed by atoms with van der Waals surface area (Å²) >= 11 is 1.76. The number of carbonyl (C=O) groups is 2. The largest absolute Gasteiger partial charge is 0.481 e. The van der Waals surface area contributed by atoms with Crippen molar-refractivity contribution in [1.29, 1.82) is 0 Å². The van der Waals surface area contributed by atoms with E-state index in [2.05, 4.69) is 19.2 Å². The molecule has 0 aliphatic carbocycles. The third kappa shape index (κ3) is 5.74. The predicted octanol–water partition coefficient (Wildman–Crippen LogP) is 4.46. The van der Waals surface area contributed by atoms with Crippen LogP contribution in [0, 0.1) is 0 Å². The van der Waals surface area contributed by atoms with Crippen LogP contribution in [0.4, 0.5) is 5.69 Å². The van der Waals surface area contributed by atoms with Crippen molar-refractivity contribution in [2.24, 2.45) is 0 Å². The monoisotopic (exact) mass is 343 g/mol. The van der Waals surface area contributed by atoms with Gasteiger partial charge in [0.2, 0.25) is 0 Å². The number of benzene rings is 2. The van der Waals surface area contributed by atoms with Crippen molar-refractivity contribution < 1.29 is 14.7 Å². The van der Waals surface area contributed by atoms with Crippen LogP contribution in [0.1, 0.15) is 36.2 Å². The van der Waals surface area contributed by atoms with Gasteiger partial charge in [0.1, 0.15) is 0 Å². The van der Waals surface area contributed by atoms with Crippen LogP contribution in [-0.4, -0.2) is 22.2 Å². The second-order valence-corrected chi connectivity index (χ2v) is 7.39. The highest BCUT2D eigenvalue weighted by Gasteiger charge is 2.07. The number of amides is 1. The molecule has 126 valence electrons. The summed E-state index contributed by atoms with van der Waals surface area (Å²) in [6.07, 6.45) is 0.588. The van der Waals surface area contributed by atoms with Gasteiger partial charge in [0.25, 0.3) is 5.91 Å². The third-order valence-electron chi connectivity index (χ3n) is 3.33. The van der Waals surface area contributed by atoms with E-state index < -0.39 is 5.97 Å². The number of anilines is 1. The molecule has 0 aromatic heterocycles. The highest BCUT2D eigenvalue weighted by atomic mass is 32.2. The molecular weight excluding hydrogens is 322 g/mol. The number of nitrogens with one attached hydrogen (secondary N) is 1. The van der Waals surface area contributed by atoms with Gasteiger partial charge in [-0.2, -0.15) is 0 Å². The summed E-state index contributed by atoms with van der Waals surface area (Å²) in [6, 6.07) is 14.8. The molecule has 2 aromatic carbocycles. The lowest BCUT2D eigenvalue weighted by molar-refractivity contribution is -0.136. The van der Waals surface area contributed by atoms with Crippen LogP contribution in [0.3, 0.4) is 0 Å². The van der Waals surface area contributed by atoms with Gasteiger partial charge in [-0.25, -0.2) is 0 Å². The lowest BCUT2D eigenvalue weighted by Gasteiger charge is -2.08. The van der Waals surface area contributed by atoms with Gasteiger partial charge in [0.05, 0.1) is 0 Å². The Morgan fingerprint density at radius 2 is 1.67 bits per heavy atom. The fourth-order valence-corrected chi connectivity index (χ4v) is 3.00. The Bertz CT molecular complexity index is 694. The van der Waals surface area contributed by atoms with Crippen LogP contribution >= 0.6 is 11.8 Å². The minimum absolute atomic E-state index is 0.104. The maximum Gasteiger partial charge on any atom is 0.303 e. The molecule has 2 aromatic rings. The van der Waals surface area contributed by atoms with E-state index in [1.807, 2.05) is 36.4 Å². The van der Waals surface area contributed by atoms with Gasteiger partial charge in [0.15, 0.2) is 0 Å². The lowest BCUT2D eigenvalue weighted by Crippen LogP contribution is -2.11. The van der Waals surface area contributed by atoms with E-state index in [1.54, 1.807) is 23.9 Å². The number of thioether (sulfide) groups is 1. The summed E-state index contributed by atoms with van der Waals surface area (Å²) in [5.41, 5.74) is 2.24. The first kappa shape index (κ1) is 18.1. The molecule has 0 aliphatic heterocycles. The molecular formula is C19H21NO3S. The molecule has 0 bridgehead atoms. The van der Waals surface area contributed by atoms with Crippen LogP contribution in [0.2, 0.25) is 0 Å². The maximum absolute atomic E-state index is 12.3. The lowest BCUT2D eigenvalue weighted by atomic mass is 10.1. The van der Waals surface area contributed by atoms with E-state index in [-0.39, 0.29) is 12.3 Å². The van der Waals surface area contributed by atoms with Gasteiger partial charge in [-0.05, 0) is 48.4 Å². The van der Waals surface area contributed by atoms with E-state index in [0.717, 1.165) is 10.5 Å². The van der Waals surface area contributed by atoms with Gasteiger partial charge in [0, 0.05) is 27.8 Å². The molecule has 0 unspecified atom stereocenters. The summed E-state index contributed by atoms with van der Waals surface area (Å²) in [5.74, 6) is -0.971. The van der Waals surface area contributed by atoms with E-state index >= 15 is 0 Å². The second kappa shape index (κ2) is 8.55. The summed E-state index contributed by atoms with van der Waals surface area (Å²) in [6.45, 7) is 4.26. The first-order chi connectivity index (χ1) is 11.4. The van der Waals surface area contributed by atoms with Crippen LogP contribution in [0.5, 0.6) is 0 Å². The zero-order valence-corrected chi connectivity index (χ0v) is 14.6. The molecule has 0 saturated carbocycles. The summed E-state index contributed by atoms with van der Waals surface area (Å²) < 4.78 is 0. The van der Waals surface area contributed by atoms with Crippen molar-refractivity contribution in [3.8, 4) is 0 Å². The number of carboxylic acid groups (broad SMARTS) is 1. The minimum Gasteiger partial charge on any atom is -0.481 e. The first-order valence-electron chi connectivity index (χ1n) is 7.83. The van der Waals surface area contributed by atoms with Gasteiger partial charge >= 0.3 is 5.97 Å². The van der Waals surface area contributed by atoms with Crippen LogP contribution < -0.4 is 5.32 Å². The summed E-state index contributed by atoms with van der Waals surface area (Å²) in [7, 11) is 0. The zero-order chi connectivity index (χ0) is 17.5. The number of carboxylic acids is 1. The van der Waals surface area contributed by atoms with Crippen molar-refractivity contribution in [1.82, 2.24) is 0 Å². The molecule has 0 atom stereocenters. The third-order valence-corrected chi connectivity index (χ3v) is 4.34. The average molecular weight is 343 g/mol. The number of aliphatic carboxylic acids is 1. The topological polar surface area (TPSA) is 66.4 Å². The van der Waals surface area contributed by atoms with Gasteiger partial charge < -0.3 is 10.4 Å². The molecule has 0 radical (unpaired) electrons. The van der Waals surface area contributed by atoms with E-state index in [1.165, 1.54) is 0 Å². The van der Waals surface area contributed by atoms with Crippen LogP contribution in [0.25, 0.3) is 0 Å². The summed E-state index contributed by atoms with van der Waals surface area (Å²) in [5, 5.41) is 12.0. The molecule has 2 N–H and O–H groups in total. The standard InChI is InChI=1S/C19H21NO3S/c1-13(2)24-17-10-6-15(7-11-17)19(23)20-16-8-3-14(4-9-16)5-12-18(21)22/h3-4,6-11,13H,5,12H2,1-2H3,(H,20,23)(H,21,22). The quantitative estimate of drug-likeness (QED) is 0.729. The molecule has 24 heavy (non-hydrogen) atoms. The van der Waals surface area contributed by atoms with Crippen molar-refractivity contribution in [3.05, 3.63) is 59.7 Å². The predicted molar refractivity (Wildman–Crippen MR) is 97.8 cm³/mol. The molecule has 4 nitrogen and oxygen atoms in total. The van der Waals surface area contributed by atoms with E-state index in [4.69, 9.17) is 5.11 Å². The Hall–Kier alpha value is -2.27. The fourth-order valence-electron chi connectivity index (χ4n) is 2.17. The van der Waals surface area contributed by atoms with Gasteiger partial charge in [-0.1, -0.05) is 26.0 Å². The molecule has 0 saturated heterocycles. The number of carbonyl (C=O) groups excluding carboxylic acids is 1. The molecule has 2 rings (SSSR count). The Balaban J connectivity index is 1.95. The SMILES string of the molecule is CC(C)Sc1ccc(C(=O)Nc2ccc(CCC(=O)O)cc2)cc1. The van der Waals surface area contributed by atoms with Crippen molar-refractivity contribution in [2.45, 2.75) is 36.8 Å². The molecule has 1 amide bonds. The molecule has 5 heteroatoms. The molecule has 0 spiro atoms. The van der Waals surface area contributed by atoms with Crippen LogP contribution in [0.15, 0.2) is 53.4 Å². The fraction of sp³-hybridized carbons (Fsp3) is 0.263. The average Bonchev–Trinajstić information content (AvgIpc) is 2.54. The normalized spacial score (nSPS) is 10.6. The Morgan fingerprint density at radius 1 is 1.04 bits per heavy atom. The van der Waals surface area contributed by atoms with Crippen LogP contribution in [-0.2, 0) is 11.2 Å². The van der Waals surface area contributed by atoms with E-state index in [0.29, 0.717) is 22.9 Å². The van der Waals surface area contributed by atoms with Gasteiger partial charge in [-0.3, -0.25) is 9.59 Å². The van der Waals surface area contributed by atoms with Gasteiger partial charge in [-0.15, -0.1) is 11.8 Å². The van der Waals surface area contributed by atoms with Crippen molar-refractivity contribution >= 4 is 29.3 Å². The number of aryl methyl sites for hydroxylation is 1.